The Morgan fingerprint density at radius 1 is 1.17 bits per heavy atom. The number of nitrogens with one attached hydrogen (secondary N) is 2. The highest BCUT2D eigenvalue weighted by atomic mass is 35.5. The Bertz CT molecular complexity index is 960. The number of ether oxygens (including phenoxy) is 1. The summed E-state index contributed by atoms with van der Waals surface area (Å²) in [6, 6.07) is 12.8. The largest absolute Gasteiger partial charge is 0.492 e. The molecule has 1 aliphatic carbocycles. The highest BCUT2D eigenvalue weighted by Crippen LogP contribution is 2.27. The standard InChI is InChI=1S/C22H27ClN2O4S/c1-2-29-21-13-12-18(15-19(21)23)30(27,28)25-20(14-16-8-4-3-5-9-16)22(26)24-17-10-6-7-11-17/h3-5,8-9,12-13,15,17,20,25H,2,6-7,10-11,14H2,1H3,(H,24,26)/t20-/m1/s1. The summed E-state index contributed by atoms with van der Waals surface area (Å²) in [4.78, 5) is 12.9. The van der Waals surface area contributed by atoms with E-state index in [-0.39, 0.29) is 28.3 Å². The third-order valence-corrected chi connectivity index (χ3v) is 6.88. The van der Waals surface area contributed by atoms with Crippen LogP contribution in [-0.2, 0) is 21.2 Å². The second-order valence-corrected chi connectivity index (χ2v) is 9.50. The van der Waals surface area contributed by atoms with Crippen LogP contribution in [0, 0.1) is 0 Å². The predicted octanol–water partition coefficient (Wildman–Crippen LogP) is 3.69. The molecule has 0 spiro atoms. The summed E-state index contributed by atoms with van der Waals surface area (Å²) < 4.78 is 33.9. The topological polar surface area (TPSA) is 84.5 Å². The van der Waals surface area contributed by atoms with Gasteiger partial charge in [-0.3, -0.25) is 4.79 Å². The average molecular weight is 451 g/mol. The zero-order valence-corrected chi connectivity index (χ0v) is 18.5. The summed E-state index contributed by atoms with van der Waals surface area (Å²) in [5.41, 5.74) is 0.872. The van der Waals surface area contributed by atoms with Gasteiger partial charge in [-0.2, -0.15) is 4.72 Å². The lowest BCUT2D eigenvalue weighted by Gasteiger charge is -2.21. The van der Waals surface area contributed by atoms with Crippen molar-refractivity contribution in [1.29, 1.82) is 0 Å². The molecule has 2 aromatic carbocycles. The maximum atomic E-state index is 13.0. The highest BCUT2D eigenvalue weighted by molar-refractivity contribution is 7.89. The number of hydrogen-bond donors (Lipinski definition) is 2. The summed E-state index contributed by atoms with van der Waals surface area (Å²) in [5.74, 6) is 0.101. The van der Waals surface area contributed by atoms with Crippen molar-refractivity contribution in [3.05, 3.63) is 59.1 Å². The van der Waals surface area contributed by atoms with Gasteiger partial charge in [0, 0.05) is 6.04 Å². The smallest absolute Gasteiger partial charge is 0.241 e. The molecule has 1 amide bonds. The predicted molar refractivity (Wildman–Crippen MR) is 117 cm³/mol. The normalized spacial score (nSPS) is 15.7. The molecule has 8 heteroatoms. The average Bonchev–Trinajstić information content (AvgIpc) is 3.23. The number of rotatable bonds is 9. The molecule has 162 valence electrons. The van der Waals surface area contributed by atoms with Crippen LogP contribution in [-0.4, -0.2) is 33.0 Å². The Hall–Kier alpha value is -2.09. The molecule has 1 atom stereocenters. The molecule has 0 aliphatic heterocycles. The maximum absolute atomic E-state index is 13.0. The van der Waals surface area contributed by atoms with Crippen molar-refractivity contribution in [1.82, 2.24) is 10.0 Å². The molecule has 0 saturated heterocycles. The molecule has 0 unspecified atom stereocenters. The van der Waals surface area contributed by atoms with Gasteiger partial charge in [0.25, 0.3) is 0 Å². The summed E-state index contributed by atoms with van der Waals surface area (Å²) in [7, 11) is -3.96. The third-order valence-electron chi connectivity index (χ3n) is 5.11. The van der Waals surface area contributed by atoms with Gasteiger partial charge < -0.3 is 10.1 Å². The Morgan fingerprint density at radius 2 is 1.87 bits per heavy atom. The first-order chi connectivity index (χ1) is 14.4. The van der Waals surface area contributed by atoms with Crippen LogP contribution in [0.5, 0.6) is 5.75 Å². The first-order valence-electron chi connectivity index (χ1n) is 10.2. The number of sulfonamides is 1. The summed E-state index contributed by atoms with van der Waals surface area (Å²) in [6.07, 6.45) is 4.24. The van der Waals surface area contributed by atoms with Gasteiger partial charge in [0.1, 0.15) is 11.8 Å². The van der Waals surface area contributed by atoms with Gasteiger partial charge in [-0.1, -0.05) is 54.8 Å². The van der Waals surface area contributed by atoms with E-state index in [1.807, 2.05) is 37.3 Å². The Balaban J connectivity index is 1.81. The van der Waals surface area contributed by atoms with Crippen molar-refractivity contribution < 1.29 is 17.9 Å². The minimum Gasteiger partial charge on any atom is -0.492 e. The van der Waals surface area contributed by atoms with E-state index in [1.54, 1.807) is 0 Å². The van der Waals surface area contributed by atoms with Crippen LogP contribution in [0.15, 0.2) is 53.4 Å². The first-order valence-corrected chi connectivity index (χ1v) is 12.0. The van der Waals surface area contributed by atoms with Gasteiger partial charge in [0.15, 0.2) is 0 Å². The number of hydrogen-bond acceptors (Lipinski definition) is 4. The van der Waals surface area contributed by atoms with Gasteiger partial charge in [-0.15, -0.1) is 0 Å². The van der Waals surface area contributed by atoms with Crippen LogP contribution in [0.2, 0.25) is 5.02 Å². The van der Waals surface area contributed by atoms with Crippen molar-refractivity contribution in [3.8, 4) is 5.75 Å². The molecule has 3 rings (SSSR count). The molecular formula is C22H27ClN2O4S. The second kappa shape index (κ2) is 10.3. The lowest BCUT2D eigenvalue weighted by atomic mass is 10.1. The summed E-state index contributed by atoms with van der Waals surface area (Å²) in [5, 5.41) is 3.20. The molecule has 2 N–H and O–H groups in total. The first kappa shape index (κ1) is 22.6. The van der Waals surface area contributed by atoms with Gasteiger partial charge in [-0.25, -0.2) is 8.42 Å². The van der Waals surface area contributed by atoms with Crippen molar-refractivity contribution >= 4 is 27.5 Å². The Kier molecular flexibility index (Phi) is 7.75. The van der Waals surface area contributed by atoms with Gasteiger partial charge >= 0.3 is 0 Å². The molecule has 0 bridgehead atoms. The van der Waals surface area contributed by atoms with Gasteiger partial charge in [0.2, 0.25) is 15.9 Å². The molecule has 0 heterocycles. The monoisotopic (exact) mass is 450 g/mol. The quantitative estimate of drug-likeness (QED) is 0.610. The number of benzene rings is 2. The van der Waals surface area contributed by atoms with Crippen LogP contribution < -0.4 is 14.8 Å². The molecular weight excluding hydrogens is 424 g/mol. The van der Waals surface area contributed by atoms with Crippen LogP contribution in [0.3, 0.4) is 0 Å². The molecule has 1 aliphatic rings. The SMILES string of the molecule is CCOc1ccc(S(=O)(=O)N[C@H](Cc2ccccc2)C(=O)NC2CCCC2)cc1Cl. The molecule has 30 heavy (non-hydrogen) atoms. The van der Waals surface area contributed by atoms with Crippen LogP contribution in [0.25, 0.3) is 0 Å². The van der Waals surface area contributed by atoms with E-state index in [9.17, 15) is 13.2 Å². The van der Waals surface area contributed by atoms with E-state index in [0.717, 1.165) is 31.2 Å². The lowest BCUT2D eigenvalue weighted by molar-refractivity contribution is -0.123. The lowest BCUT2D eigenvalue weighted by Crippen LogP contribution is -2.50. The number of carbonyl (C=O) groups is 1. The van der Waals surface area contributed by atoms with E-state index in [0.29, 0.717) is 12.4 Å². The third kappa shape index (κ3) is 5.97. The van der Waals surface area contributed by atoms with Crippen LogP contribution >= 0.6 is 11.6 Å². The number of amides is 1. The summed E-state index contributed by atoms with van der Waals surface area (Å²) in [6.45, 7) is 2.24. The number of halogens is 1. The van der Waals surface area contributed by atoms with Crippen LogP contribution in [0.1, 0.15) is 38.2 Å². The highest BCUT2D eigenvalue weighted by Gasteiger charge is 2.28. The van der Waals surface area contributed by atoms with E-state index in [4.69, 9.17) is 16.3 Å². The molecule has 2 aromatic rings. The van der Waals surface area contributed by atoms with E-state index < -0.39 is 16.1 Å². The molecule has 0 aromatic heterocycles. The minimum atomic E-state index is -3.96. The van der Waals surface area contributed by atoms with E-state index >= 15 is 0 Å². The Morgan fingerprint density at radius 3 is 2.50 bits per heavy atom. The second-order valence-electron chi connectivity index (χ2n) is 7.38. The van der Waals surface area contributed by atoms with Crippen molar-refractivity contribution in [2.75, 3.05) is 6.61 Å². The molecule has 0 radical (unpaired) electrons. The van der Waals surface area contributed by atoms with Crippen LogP contribution in [0.4, 0.5) is 0 Å². The summed E-state index contributed by atoms with van der Waals surface area (Å²) >= 11 is 6.16. The molecule has 1 fully saturated rings. The van der Waals surface area contributed by atoms with Crippen molar-refractivity contribution in [3.63, 3.8) is 0 Å². The van der Waals surface area contributed by atoms with E-state index in [2.05, 4.69) is 10.0 Å². The maximum Gasteiger partial charge on any atom is 0.241 e. The molecule has 1 saturated carbocycles. The fourth-order valence-electron chi connectivity index (χ4n) is 3.59. The molecule has 6 nitrogen and oxygen atoms in total. The van der Waals surface area contributed by atoms with Gasteiger partial charge in [-0.05, 0) is 49.9 Å². The zero-order valence-electron chi connectivity index (χ0n) is 16.9. The van der Waals surface area contributed by atoms with Gasteiger partial charge in [0.05, 0.1) is 16.5 Å². The zero-order chi connectivity index (χ0) is 21.6. The fraction of sp³-hybridized carbons (Fsp3) is 0.409. The van der Waals surface area contributed by atoms with E-state index in [1.165, 1.54) is 18.2 Å². The minimum absolute atomic E-state index is 0.0114. The fourth-order valence-corrected chi connectivity index (χ4v) is 5.11. The Labute approximate surface area is 183 Å². The van der Waals surface area contributed by atoms with Crippen molar-refractivity contribution in [2.24, 2.45) is 0 Å². The number of carbonyl (C=O) groups excluding carboxylic acids is 1. The van der Waals surface area contributed by atoms with Crippen molar-refractivity contribution in [2.45, 2.75) is 56.0 Å².